The number of carbonyl (C=O) groups excluding carboxylic acids is 1. The molecule has 0 bridgehead atoms. The summed E-state index contributed by atoms with van der Waals surface area (Å²) in [4.78, 5) is 13.2. The van der Waals surface area contributed by atoms with Gasteiger partial charge in [-0.1, -0.05) is 19.1 Å². The molecule has 0 radical (unpaired) electrons. The predicted octanol–water partition coefficient (Wildman–Crippen LogP) is 1.60. The average molecular weight is 251 g/mol. The summed E-state index contributed by atoms with van der Waals surface area (Å²) in [7, 11) is 3.40. The van der Waals surface area contributed by atoms with Crippen LogP contribution in [0.1, 0.15) is 24.5 Å². The molecule has 4 nitrogen and oxygen atoms in total. The predicted molar refractivity (Wildman–Crippen MR) is 70.5 cm³/mol. The number of aliphatic hydroxyl groups is 1. The lowest BCUT2D eigenvalue weighted by atomic mass is 10.1. The molecule has 1 rings (SSSR count). The number of aliphatic hydroxyl groups excluding tert-OH is 1. The van der Waals surface area contributed by atoms with E-state index in [2.05, 4.69) is 13.0 Å². The van der Waals surface area contributed by atoms with Gasteiger partial charge in [-0.3, -0.25) is 4.79 Å². The van der Waals surface area contributed by atoms with Gasteiger partial charge in [0.15, 0.2) is 0 Å². The summed E-state index contributed by atoms with van der Waals surface area (Å²) in [6, 6.07) is 5.95. The molecule has 0 saturated heterocycles. The van der Waals surface area contributed by atoms with E-state index in [4.69, 9.17) is 9.84 Å². The van der Waals surface area contributed by atoms with Crippen LogP contribution in [0.25, 0.3) is 0 Å². The lowest BCUT2D eigenvalue weighted by molar-refractivity contribution is -0.131. The molecule has 1 N–H and O–H groups in total. The molecular formula is C14H21NO3. The number of hydrogen-bond acceptors (Lipinski definition) is 3. The Bertz CT molecular complexity index is 404. The second-order valence-electron chi connectivity index (χ2n) is 4.22. The lowest BCUT2D eigenvalue weighted by Gasteiger charge is -2.18. The molecule has 0 spiro atoms. The van der Waals surface area contributed by atoms with Crippen molar-refractivity contribution >= 4 is 5.91 Å². The van der Waals surface area contributed by atoms with Crippen LogP contribution in [0, 0.1) is 0 Å². The zero-order chi connectivity index (χ0) is 13.5. The van der Waals surface area contributed by atoms with Crippen molar-refractivity contribution in [2.75, 3.05) is 20.8 Å². The molecule has 0 aliphatic heterocycles. The lowest BCUT2D eigenvalue weighted by Crippen LogP contribution is -2.26. The van der Waals surface area contributed by atoms with Gasteiger partial charge in [0.05, 0.1) is 13.7 Å². The summed E-state index contributed by atoms with van der Waals surface area (Å²) in [5, 5.41) is 8.74. The fourth-order valence-electron chi connectivity index (χ4n) is 1.86. The van der Waals surface area contributed by atoms with Crippen molar-refractivity contribution in [1.82, 2.24) is 4.90 Å². The van der Waals surface area contributed by atoms with E-state index in [-0.39, 0.29) is 18.9 Å². The molecule has 0 aliphatic rings. The van der Waals surface area contributed by atoms with E-state index in [9.17, 15) is 4.79 Å². The van der Waals surface area contributed by atoms with Gasteiger partial charge < -0.3 is 14.7 Å². The molecule has 0 heterocycles. The Balaban J connectivity index is 2.76. The number of methoxy groups -OCH3 is 1. The highest BCUT2D eigenvalue weighted by Gasteiger charge is 2.09. The maximum Gasteiger partial charge on any atom is 0.224 e. The van der Waals surface area contributed by atoms with Crippen molar-refractivity contribution < 1.29 is 14.6 Å². The van der Waals surface area contributed by atoms with Crippen molar-refractivity contribution in [3.05, 3.63) is 29.3 Å². The highest BCUT2D eigenvalue weighted by Crippen LogP contribution is 2.21. The van der Waals surface area contributed by atoms with Gasteiger partial charge >= 0.3 is 0 Å². The molecule has 0 atom stereocenters. The quantitative estimate of drug-likeness (QED) is 0.835. The van der Waals surface area contributed by atoms with Crippen LogP contribution >= 0.6 is 0 Å². The smallest absolute Gasteiger partial charge is 0.224 e. The Kier molecular flexibility index (Phi) is 5.65. The zero-order valence-corrected chi connectivity index (χ0v) is 11.3. The number of rotatable bonds is 6. The molecule has 0 aromatic heterocycles. The Hall–Kier alpha value is -1.55. The third kappa shape index (κ3) is 3.74. The first kappa shape index (κ1) is 14.5. The molecule has 100 valence electrons. The third-order valence-corrected chi connectivity index (χ3v) is 2.90. The van der Waals surface area contributed by atoms with Crippen LogP contribution in [-0.4, -0.2) is 36.7 Å². The molecule has 0 fully saturated rings. The molecule has 18 heavy (non-hydrogen) atoms. The number of carbonyl (C=O) groups is 1. The molecule has 0 saturated carbocycles. The Labute approximate surface area is 108 Å². The third-order valence-electron chi connectivity index (χ3n) is 2.90. The number of amides is 1. The van der Waals surface area contributed by atoms with Gasteiger partial charge in [-0.15, -0.1) is 0 Å². The van der Waals surface area contributed by atoms with E-state index in [0.29, 0.717) is 6.54 Å². The van der Waals surface area contributed by atoms with E-state index < -0.39 is 0 Å². The minimum absolute atomic E-state index is 0.0497. The van der Waals surface area contributed by atoms with E-state index >= 15 is 0 Å². The van der Waals surface area contributed by atoms with Gasteiger partial charge in [-0.2, -0.15) is 0 Å². The zero-order valence-electron chi connectivity index (χ0n) is 11.3. The van der Waals surface area contributed by atoms with Crippen LogP contribution in [0.2, 0.25) is 0 Å². The van der Waals surface area contributed by atoms with Gasteiger partial charge in [0.2, 0.25) is 5.91 Å². The number of hydrogen-bond donors (Lipinski definition) is 1. The number of nitrogens with zero attached hydrogens (tertiary/aromatic N) is 1. The van der Waals surface area contributed by atoms with Crippen molar-refractivity contribution in [1.29, 1.82) is 0 Å². The first-order valence-electron chi connectivity index (χ1n) is 6.13. The molecule has 1 aromatic carbocycles. The molecule has 4 heteroatoms. The van der Waals surface area contributed by atoms with Crippen LogP contribution in [0.15, 0.2) is 18.2 Å². The normalized spacial score (nSPS) is 10.2. The van der Waals surface area contributed by atoms with Crippen LogP contribution in [0.4, 0.5) is 0 Å². The molecule has 1 amide bonds. The highest BCUT2D eigenvalue weighted by molar-refractivity contribution is 5.75. The molecule has 1 aromatic rings. The minimum Gasteiger partial charge on any atom is -0.496 e. The van der Waals surface area contributed by atoms with Crippen molar-refractivity contribution in [2.24, 2.45) is 0 Å². The van der Waals surface area contributed by atoms with E-state index in [1.807, 2.05) is 12.1 Å². The Morgan fingerprint density at radius 1 is 1.44 bits per heavy atom. The van der Waals surface area contributed by atoms with Gasteiger partial charge in [0.1, 0.15) is 5.75 Å². The fourth-order valence-corrected chi connectivity index (χ4v) is 1.86. The van der Waals surface area contributed by atoms with Gasteiger partial charge in [-0.25, -0.2) is 0 Å². The number of benzene rings is 1. The standard InChI is InChI=1S/C14H21NO3/c1-4-12-9-11(5-6-13(12)18-3)10-15(2)14(17)7-8-16/h5-6,9,16H,4,7-8,10H2,1-3H3. The largest absolute Gasteiger partial charge is 0.496 e. The van der Waals surface area contributed by atoms with Gasteiger partial charge in [-0.05, 0) is 23.6 Å². The number of aryl methyl sites for hydroxylation is 1. The second-order valence-corrected chi connectivity index (χ2v) is 4.22. The van der Waals surface area contributed by atoms with Crippen LogP contribution in [0.5, 0.6) is 5.75 Å². The first-order chi connectivity index (χ1) is 8.62. The maximum absolute atomic E-state index is 11.6. The highest BCUT2D eigenvalue weighted by atomic mass is 16.5. The SMILES string of the molecule is CCc1cc(CN(C)C(=O)CCO)ccc1OC. The van der Waals surface area contributed by atoms with Crippen molar-refractivity contribution in [2.45, 2.75) is 26.3 Å². The molecular weight excluding hydrogens is 230 g/mol. The van der Waals surface area contributed by atoms with Crippen molar-refractivity contribution in [3.8, 4) is 5.75 Å². The summed E-state index contributed by atoms with van der Waals surface area (Å²) in [6.07, 6.45) is 1.07. The summed E-state index contributed by atoms with van der Waals surface area (Å²) in [5.41, 5.74) is 2.21. The van der Waals surface area contributed by atoms with Gasteiger partial charge in [0.25, 0.3) is 0 Å². The fraction of sp³-hybridized carbons (Fsp3) is 0.500. The first-order valence-corrected chi connectivity index (χ1v) is 6.13. The van der Waals surface area contributed by atoms with Crippen molar-refractivity contribution in [3.63, 3.8) is 0 Å². The van der Waals surface area contributed by atoms with E-state index in [1.165, 1.54) is 0 Å². The summed E-state index contributed by atoms with van der Waals surface area (Å²) >= 11 is 0. The topological polar surface area (TPSA) is 49.8 Å². The summed E-state index contributed by atoms with van der Waals surface area (Å²) < 4.78 is 5.27. The van der Waals surface area contributed by atoms with Crippen LogP contribution in [-0.2, 0) is 17.8 Å². The van der Waals surface area contributed by atoms with Crippen LogP contribution < -0.4 is 4.74 Å². The minimum atomic E-state index is -0.105. The van der Waals surface area contributed by atoms with E-state index in [1.54, 1.807) is 19.1 Å². The summed E-state index contributed by atoms with van der Waals surface area (Å²) in [5.74, 6) is 0.831. The van der Waals surface area contributed by atoms with Crippen LogP contribution in [0.3, 0.4) is 0 Å². The monoisotopic (exact) mass is 251 g/mol. The molecule has 0 aliphatic carbocycles. The summed E-state index contributed by atoms with van der Waals surface area (Å²) in [6.45, 7) is 2.52. The molecule has 0 unspecified atom stereocenters. The average Bonchev–Trinajstić information content (AvgIpc) is 2.38. The van der Waals surface area contributed by atoms with Gasteiger partial charge in [0, 0.05) is 20.0 Å². The Morgan fingerprint density at radius 3 is 2.72 bits per heavy atom. The Morgan fingerprint density at radius 2 is 2.17 bits per heavy atom. The van der Waals surface area contributed by atoms with E-state index in [0.717, 1.165) is 23.3 Å². The maximum atomic E-state index is 11.6. The second kappa shape index (κ2) is 7.01. The number of ether oxygens (including phenoxy) is 1.